The van der Waals surface area contributed by atoms with Crippen LogP contribution in [0.5, 0.6) is 0 Å². The molecule has 0 saturated carbocycles. The molecule has 2 aliphatic heterocycles. The first-order valence-electron chi connectivity index (χ1n) is 8.22. The van der Waals surface area contributed by atoms with E-state index in [1.807, 2.05) is 12.1 Å². The molecular formula is C17H28N4. The molecule has 2 saturated heterocycles. The van der Waals surface area contributed by atoms with Gasteiger partial charge < -0.3 is 20.4 Å². The van der Waals surface area contributed by atoms with Gasteiger partial charge in [-0.2, -0.15) is 0 Å². The lowest BCUT2D eigenvalue weighted by molar-refractivity contribution is 0.129. The van der Waals surface area contributed by atoms with Gasteiger partial charge in [-0.05, 0) is 50.1 Å². The summed E-state index contributed by atoms with van der Waals surface area (Å²) < 4.78 is 0. The third-order valence-electron chi connectivity index (χ3n) is 4.99. The number of hydrogen-bond donors (Lipinski definition) is 1. The second kappa shape index (κ2) is 6.67. The molecule has 0 bridgehead atoms. The minimum atomic E-state index is 0.851. The van der Waals surface area contributed by atoms with E-state index in [9.17, 15) is 0 Å². The molecule has 0 atom stereocenters. The number of nitrogens with two attached hydrogens (primary N) is 1. The molecule has 0 unspecified atom stereocenters. The van der Waals surface area contributed by atoms with Crippen LogP contribution in [0.2, 0.25) is 0 Å². The van der Waals surface area contributed by atoms with Crippen LogP contribution in [-0.2, 0) is 0 Å². The van der Waals surface area contributed by atoms with Gasteiger partial charge in [-0.1, -0.05) is 0 Å². The highest BCUT2D eigenvalue weighted by Gasteiger charge is 2.23. The van der Waals surface area contributed by atoms with E-state index in [-0.39, 0.29) is 0 Å². The van der Waals surface area contributed by atoms with E-state index in [1.54, 1.807) is 0 Å². The first kappa shape index (κ1) is 14.7. The van der Waals surface area contributed by atoms with Crippen LogP contribution in [0.15, 0.2) is 24.3 Å². The molecule has 116 valence electrons. The quantitative estimate of drug-likeness (QED) is 0.859. The van der Waals surface area contributed by atoms with Crippen LogP contribution in [0.25, 0.3) is 0 Å². The average Bonchev–Trinajstić information content (AvgIpc) is 2.51. The maximum absolute atomic E-state index is 5.76. The Hall–Kier alpha value is -1.26. The molecule has 0 amide bonds. The fourth-order valence-corrected chi connectivity index (χ4v) is 3.45. The number of piperazine rings is 1. The monoisotopic (exact) mass is 288 g/mol. The standard InChI is InChI=1S/C17H28N4/c1-19-10-12-20(13-11-19)14-15-6-8-21(9-7-15)17-4-2-16(18)3-5-17/h2-5,15H,6-14,18H2,1H3. The summed E-state index contributed by atoms with van der Waals surface area (Å²) in [4.78, 5) is 7.59. The fraction of sp³-hybridized carbons (Fsp3) is 0.647. The van der Waals surface area contributed by atoms with Gasteiger partial charge in [-0.15, -0.1) is 0 Å². The van der Waals surface area contributed by atoms with Gasteiger partial charge in [-0.25, -0.2) is 0 Å². The van der Waals surface area contributed by atoms with Crippen molar-refractivity contribution in [2.24, 2.45) is 5.92 Å². The minimum absolute atomic E-state index is 0.851. The molecule has 21 heavy (non-hydrogen) atoms. The van der Waals surface area contributed by atoms with Gasteiger partial charge in [0.05, 0.1) is 0 Å². The Morgan fingerprint density at radius 2 is 1.57 bits per heavy atom. The van der Waals surface area contributed by atoms with Crippen LogP contribution in [0.3, 0.4) is 0 Å². The average molecular weight is 288 g/mol. The Morgan fingerprint density at radius 1 is 0.952 bits per heavy atom. The van der Waals surface area contributed by atoms with Crippen molar-refractivity contribution in [3.8, 4) is 0 Å². The van der Waals surface area contributed by atoms with E-state index in [0.717, 1.165) is 11.6 Å². The van der Waals surface area contributed by atoms with Gasteiger partial charge in [0.15, 0.2) is 0 Å². The van der Waals surface area contributed by atoms with E-state index in [4.69, 9.17) is 5.73 Å². The molecule has 0 radical (unpaired) electrons. The number of anilines is 2. The molecule has 4 heteroatoms. The summed E-state index contributed by atoms with van der Waals surface area (Å²) in [5.74, 6) is 0.874. The predicted octanol–water partition coefficient (Wildman–Crippen LogP) is 1.73. The molecule has 3 rings (SSSR count). The van der Waals surface area contributed by atoms with Gasteiger partial charge in [0.2, 0.25) is 0 Å². The molecule has 1 aromatic rings. The number of rotatable bonds is 3. The van der Waals surface area contributed by atoms with Gasteiger partial charge in [0, 0.05) is 57.2 Å². The molecule has 0 aliphatic carbocycles. The second-order valence-corrected chi connectivity index (χ2v) is 6.63. The van der Waals surface area contributed by atoms with Crippen molar-refractivity contribution in [3.05, 3.63) is 24.3 Å². The van der Waals surface area contributed by atoms with Gasteiger partial charge in [0.1, 0.15) is 0 Å². The highest BCUT2D eigenvalue weighted by molar-refractivity contribution is 5.53. The Bertz CT molecular complexity index is 429. The van der Waals surface area contributed by atoms with E-state index in [1.165, 1.54) is 64.3 Å². The third-order valence-corrected chi connectivity index (χ3v) is 4.99. The van der Waals surface area contributed by atoms with Crippen LogP contribution in [0, 0.1) is 5.92 Å². The summed E-state index contributed by atoms with van der Waals surface area (Å²) >= 11 is 0. The Labute approximate surface area is 128 Å². The number of hydrogen-bond acceptors (Lipinski definition) is 4. The van der Waals surface area contributed by atoms with Gasteiger partial charge in [-0.3, -0.25) is 0 Å². The van der Waals surface area contributed by atoms with Crippen molar-refractivity contribution in [3.63, 3.8) is 0 Å². The first-order chi connectivity index (χ1) is 10.2. The highest BCUT2D eigenvalue weighted by atomic mass is 15.2. The summed E-state index contributed by atoms with van der Waals surface area (Å²) in [7, 11) is 2.22. The zero-order valence-electron chi connectivity index (χ0n) is 13.2. The molecular weight excluding hydrogens is 260 g/mol. The number of benzene rings is 1. The van der Waals surface area contributed by atoms with Crippen molar-refractivity contribution in [2.75, 3.05) is 63.5 Å². The lowest BCUT2D eigenvalue weighted by Gasteiger charge is -2.38. The topological polar surface area (TPSA) is 35.7 Å². The van der Waals surface area contributed by atoms with Crippen molar-refractivity contribution in [1.82, 2.24) is 9.80 Å². The normalized spacial score (nSPS) is 22.6. The minimum Gasteiger partial charge on any atom is -0.399 e. The summed E-state index contributed by atoms with van der Waals surface area (Å²) in [6, 6.07) is 8.31. The molecule has 2 aliphatic rings. The molecule has 4 nitrogen and oxygen atoms in total. The van der Waals surface area contributed by atoms with Crippen molar-refractivity contribution in [2.45, 2.75) is 12.8 Å². The number of nitrogens with zero attached hydrogens (tertiary/aromatic N) is 3. The molecule has 0 spiro atoms. The SMILES string of the molecule is CN1CCN(CC2CCN(c3ccc(N)cc3)CC2)CC1. The summed E-state index contributed by atoms with van der Waals surface area (Å²) in [5.41, 5.74) is 7.94. The van der Waals surface area contributed by atoms with Gasteiger partial charge >= 0.3 is 0 Å². The third kappa shape index (κ3) is 3.89. The van der Waals surface area contributed by atoms with Crippen LogP contribution >= 0.6 is 0 Å². The lowest BCUT2D eigenvalue weighted by atomic mass is 9.95. The van der Waals surface area contributed by atoms with Crippen LogP contribution in [0.4, 0.5) is 11.4 Å². The Kier molecular flexibility index (Phi) is 4.66. The van der Waals surface area contributed by atoms with E-state index in [2.05, 4.69) is 33.9 Å². The van der Waals surface area contributed by atoms with E-state index in [0.29, 0.717) is 0 Å². The van der Waals surface area contributed by atoms with Crippen LogP contribution in [-0.4, -0.2) is 62.7 Å². The fourth-order valence-electron chi connectivity index (χ4n) is 3.45. The molecule has 0 aromatic heterocycles. The van der Waals surface area contributed by atoms with Crippen LogP contribution < -0.4 is 10.6 Å². The number of likely N-dealkylation sites (N-methyl/N-ethyl adjacent to an activating group) is 1. The molecule has 2 heterocycles. The first-order valence-corrected chi connectivity index (χ1v) is 8.22. The second-order valence-electron chi connectivity index (χ2n) is 6.63. The number of nitrogen functional groups attached to an aromatic ring is 1. The van der Waals surface area contributed by atoms with Crippen molar-refractivity contribution >= 4 is 11.4 Å². The zero-order valence-corrected chi connectivity index (χ0v) is 13.2. The van der Waals surface area contributed by atoms with E-state index < -0.39 is 0 Å². The maximum Gasteiger partial charge on any atom is 0.0367 e. The van der Waals surface area contributed by atoms with Gasteiger partial charge in [0.25, 0.3) is 0 Å². The summed E-state index contributed by atoms with van der Waals surface area (Å²) in [5, 5.41) is 0. The number of piperidine rings is 1. The molecule has 1 aromatic carbocycles. The summed E-state index contributed by atoms with van der Waals surface area (Å²) in [6.45, 7) is 8.60. The highest BCUT2D eigenvalue weighted by Crippen LogP contribution is 2.24. The van der Waals surface area contributed by atoms with E-state index >= 15 is 0 Å². The van der Waals surface area contributed by atoms with Crippen LogP contribution in [0.1, 0.15) is 12.8 Å². The predicted molar refractivity (Wildman–Crippen MR) is 89.7 cm³/mol. The van der Waals surface area contributed by atoms with Crippen molar-refractivity contribution in [1.29, 1.82) is 0 Å². The lowest BCUT2D eigenvalue weighted by Crippen LogP contribution is -2.47. The zero-order chi connectivity index (χ0) is 14.7. The summed E-state index contributed by atoms with van der Waals surface area (Å²) in [6.07, 6.45) is 2.63. The Morgan fingerprint density at radius 3 is 2.19 bits per heavy atom. The largest absolute Gasteiger partial charge is 0.399 e. The Balaban J connectivity index is 1.45. The maximum atomic E-state index is 5.76. The molecule has 2 N–H and O–H groups in total. The van der Waals surface area contributed by atoms with Crippen molar-refractivity contribution < 1.29 is 0 Å². The smallest absolute Gasteiger partial charge is 0.0367 e. The molecule has 2 fully saturated rings.